The second-order valence-corrected chi connectivity index (χ2v) is 33.1. The van der Waals surface area contributed by atoms with Crippen molar-refractivity contribution in [3.63, 3.8) is 0 Å². The Morgan fingerprint density at radius 2 is 0.269 bits per heavy atom. The summed E-state index contributed by atoms with van der Waals surface area (Å²) >= 11 is 0. The van der Waals surface area contributed by atoms with E-state index in [1.54, 1.807) is 0 Å². The number of aromatic nitrogens is 2. The predicted molar refractivity (Wildman–Crippen MR) is 551 cm³/mol. The summed E-state index contributed by atoms with van der Waals surface area (Å²) < 4.78 is 4.73. The third-order valence-corrected chi connectivity index (χ3v) is 25.3. The molecule has 2 aromatic heterocycles. The van der Waals surface area contributed by atoms with Crippen molar-refractivity contribution in [3.05, 3.63) is 534 Å². The molecule has 0 atom stereocenters. The summed E-state index contributed by atoms with van der Waals surface area (Å²) in [5, 5.41) is 5.01. The molecule has 23 aromatic rings. The number of anilines is 6. The maximum atomic E-state index is 2.37. The lowest BCUT2D eigenvalue weighted by Crippen LogP contribution is -2.09. The molecule has 612 valence electrons. The Morgan fingerprint density at radius 3 is 0.515 bits per heavy atom. The molecule has 0 aliphatic carbocycles. The lowest BCUT2D eigenvalue weighted by molar-refractivity contribution is 1.18. The fourth-order valence-corrected chi connectivity index (χ4v) is 18.6. The fourth-order valence-electron chi connectivity index (χ4n) is 18.6. The summed E-state index contributed by atoms with van der Waals surface area (Å²) in [5.74, 6) is 0. The molecule has 0 unspecified atom stereocenters. The summed E-state index contributed by atoms with van der Waals surface area (Å²) in [6.45, 7) is 0. The van der Waals surface area contributed by atoms with E-state index in [9.17, 15) is 0 Å². The Balaban J connectivity index is 0.000000153. The van der Waals surface area contributed by atoms with E-state index in [1.807, 2.05) is 0 Å². The monoisotopic (exact) mass is 1660 g/mol. The lowest BCUT2D eigenvalue weighted by Gasteiger charge is -2.26. The number of benzene rings is 21. The minimum atomic E-state index is 1.09. The van der Waals surface area contributed by atoms with Crippen molar-refractivity contribution in [1.82, 2.24) is 9.13 Å². The third kappa shape index (κ3) is 16.0. The second kappa shape index (κ2) is 35.5. The van der Waals surface area contributed by atoms with Gasteiger partial charge in [0.2, 0.25) is 0 Å². The molecule has 0 spiro atoms. The molecule has 0 fully saturated rings. The van der Waals surface area contributed by atoms with Crippen molar-refractivity contribution in [1.29, 1.82) is 0 Å². The van der Waals surface area contributed by atoms with Gasteiger partial charge in [0.05, 0.1) is 22.1 Å². The van der Waals surface area contributed by atoms with E-state index in [0.29, 0.717) is 0 Å². The first-order valence-electron chi connectivity index (χ1n) is 44.6. The van der Waals surface area contributed by atoms with Gasteiger partial charge in [0.15, 0.2) is 0 Å². The Morgan fingerprint density at radius 1 is 0.108 bits per heavy atom. The number of fused-ring (bicyclic) bond motifs is 6. The van der Waals surface area contributed by atoms with Crippen molar-refractivity contribution in [2.24, 2.45) is 0 Å². The van der Waals surface area contributed by atoms with Gasteiger partial charge in [-0.25, -0.2) is 0 Å². The molecule has 23 rings (SSSR count). The number of hydrogen-bond acceptors (Lipinski definition) is 2. The zero-order valence-electron chi connectivity index (χ0n) is 71.6. The molecular formula is C126H88N4. The van der Waals surface area contributed by atoms with Gasteiger partial charge in [0.25, 0.3) is 0 Å². The highest BCUT2D eigenvalue weighted by atomic mass is 15.1. The van der Waals surface area contributed by atoms with E-state index in [4.69, 9.17) is 0 Å². The van der Waals surface area contributed by atoms with Gasteiger partial charge in [-0.1, -0.05) is 388 Å². The molecule has 0 saturated heterocycles. The van der Waals surface area contributed by atoms with Crippen LogP contribution in [0.5, 0.6) is 0 Å². The smallest absolute Gasteiger partial charge is 0.0541 e. The first kappa shape index (κ1) is 78.8. The molecule has 4 nitrogen and oxygen atoms in total. The molecule has 0 aliphatic heterocycles. The van der Waals surface area contributed by atoms with Gasteiger partial charge in [0.1, 0.15) is 0 Å². The average molecular weight is 1660 g/mol. The van der Waals surface area contributed by atoms with Crippen LogP contribution in [0.4, 0.5) is 34.1 Å². The van der Waals surface area contributed by atoms with Gasteiger partial charge in [0, 0.05) is 67.0 Å². The number of para-hydroxylation sites is 4. The van der Waals surface area contributed by atoms with Gasteiger partial charge in [-0.05, 0) is 268 Å². The van der Waals surface area contributed by atoms with Crippen LogP contribution in [0.15, 0.2) is 534 Å². The minimum Gasteiger partial charge on any atom is -0.311 e. The van der Waals surface area contributed by atoms with Crippen LogP contribution in [0.2, 0.25) is 0 Å². The van der Waals surface area contributed by atoms with Crippen LogP contribution >= 0.6 is 0 Å². The van der Waals surface area contributed by atoms with Crippen LogP contribution in [-0.4, -0.2) is 9.13 Å². The van der Waals surface area contributed by atoms with Gasteiger partial charge >= 0.3 is 0 Å². The number of hydrogen-bond donors (Lipinski definition) is 0. The van der Waals surface area contributed by atoms with E-state index in [1.165, 1.54) is 177 Å². The highest BCUT2D eigenvalue weighted by Crippen LogP contribution is 2.45. The van der Waals surface area contributed by atoms with Gasteiger partial charge in [-0.3, -0.25) is 0 Å². The van der Waals surface area contributed by atoms with Crippen LogP contribution < -0.4 is 9.80 Å². The van der Waals surface area contributed by atoms with E-state index >= 15 is 0 Å². The summed E-state index contributed by atoms with van der Waals surface area (Å²) in [4.78, 5) is 4.71. The quantitative estimate of drug-likeness (QED) is 0.0802. The standard InChI is InChI=1S/C66H46N2.C60H42N2/c1-4-13-47(14-5-1)49-23-25-50(26-24-49)52-31-38-60(39-32-52)67(62-42-35-55(36-43-62)57-18-12-17-56(45-57)48-15-6-2-7-16-48)61-40-33-53(34-41-61)51-27-29-54(30-28-51)58-37-44-66-64(46-58)63-21-10-11-22-65(63)68(66)59-19-8-3-9-20-59;1-4-13-43(14-5-1)45-23-25-46(26-24-45)47-27-34-54(35-28-47)61(55-36-29-48(30-37-55)51-18-12-17-50(41-51)44-15-6-2-7-16-44)56-38-31-49(32-39-56)52-33-40-60-58(42-52)57-21-10-11-22-59(57)62(60)53-19-8-3-9-20-53/h1-46H;1-42H. The fraction of sp³-hybridized carbons (Fsp3) is 0. The molecule has 0 bridgehead atoms. The van der Waals surface area contributed by atoms with Crippen molar-refractivity contribution in [3.8, 4) is 134 Å². The first-order valence-corrected chi connectivity index (χ1v) is 44.6. The maximum Gasteiger partial charge on any atom is 0.0541 e. The molecule has 0 saturated carbocycles. The zero-order valence-corrected chi connectivity index (χ0v) is 71.6. The van der Waals surface area contributed by atoms with Crippen molar-refractivity contribution in [2.45, 2.75) is 0 Å². The van der Waals surface area contributed by atoms with Crippen molar-refractivity contribution in [2.75, 3.05) is 9.80 Å². The number of rotatable bonds is 19. The van der Waals surface area contributed by atoms with Crippen LogP contribution in [0.1, 0.15) is 0 Å². The molecule has 130 heavy (non-hydrogen) atoms. The Bertz CT molecular complexity index is 7880. The molecular weight excluding hydrogens is 1570 g/mol. The van der Waals surface area contributed by atoms with Gasteiger partial charge < -0.3 is 18.9 Å². The van der Waals surface area contributed by atoms with Crippen molar-refractivity contribution < 1.29 is 0 Å². The largest absolute Gasteiger partial charge is 0.311 e. The minimum absolute atomic E-state index is 1.09. The third-order valence-electron chi connectivity index (χ3n) is 25.3. The Hall–Kier alpha value is -17.2. The molecule has 4 heteroatoms. The summed E-state index contributed by atoms with van der Waals surface area (Å²) in [5.41, 5.74) is 40.1. The second-order valence-electron chi connectivity index (χ2n) is 33.1. The lowest BCUT2D eigenvalue weighted by atomic mass is 9.98. The molecule has 0 radical (unpaired) electrons. The first-order chi connectivity index (χ1) is 64.4. The van der Waals surface area contributed by atoms with Crippen LogP contribution in [0, 0.1) is 0 Å². The molecule has 21 aromatic carbocycles. The highest BCUT2D eigenvalue weighted by Gasteiger charge is 2.21. The molecule has 0 N–H and O–H groups in total. The predicted octanol–water partition coefficient (Wildman–Crippen LogP) is 34.8. The maximum absolute atomic E-state index is 2.37. The summed E-state index contributed by atoms with van der Waals surface area (Å²) in [7, 11) is 0. The molecule has 0 amide bonds. The van der Waals surface area contributed by atoms with Gasteiger partial charge in [-0.15, -0.1) is 0 Å². The SMILES string of the molecule is c1ccc(-c2ccc(-c3ccc(N(c4ccc(-c5ccc(-c6ccc7c(c6)c6ccccc6n7-c6ccccc6)cc5)cc4)c4ccc(-c5cccc(-c6ccccc6)c5)cc4)cc3)cc2)cc1.c1ccc(-c2ccc(-c3ccc(N(c4ccc(-c5cccc(-c6ccccc6)c5)cc4)c4ccc(-c5ccc6c(c5)c5ccccc5n6-c5ccccc5)cc4)cc3)cc2)cc1. The number of nitrogens with zero attached hydrogens (tertiary/aromatic N) is 4. The van der Waals surface area contributed by atoms with Crippen molar-refractivity contribution >= 4 is 77.7 Å². The average Bonchev–Trinajstić information content (AvgIpc) is 1.59. The summed E-state index contributed by atoms with van der Waals surface area (Å²) in [6, 6.07) is 193. The topological polar surface area (TPSA) is 16.3 Å². The van der Waals surface area contributed by atoms with Crippen LogP contribution in [0.25, 0.3) is 177 Å². The van der Waals surface area contributed by atoms with Crippen LogP contribution in [-0.2, 0) is 0 Å². The molecule has 2 heterocycles. The van der Waals surface area contributed by atoms with E-state index < -0.39 is 0 Å². The Kier molecular flexibility index (Phi) is 21.5. The van der Waals surface area contributed by atoms with E-state index in [0.717, 1.165) is 34.1 Å². The molecule has 0 aliphatic rings. The Labute approximate surface area is 759 Å². The summed E-state index contributed by atoms with van der Waals surface area (Å²) in [6.07, 6.45) is 0. The zero-order chi connectivity index (χ0) is 86.5. The highest BCUT2D eigenvalue weighted by molar-refractivity contribution is 6.12. The van der Waals surface area contributed by atoms with E-state index in [2.05, 4.69) is 553 Å². The normalized spacial score (nSPS) is 11.2. The van der Waals surface area contributed by atoms with Crippen LogP contribution in [0.3, 0.4) is 0 Å². The van der Waals surface area contributed by atoms with Gasteiger partial charge in [-0.2, -0.15) is 0 Å². The van der Waals surface area contributed by atoms with E-state index in [-0.39, 0.29) is 0 Å².